The van der Waals surface area contributed by atoms with Crippen molar-refractivity contribution in [2.75, 3.05) is 7.11 Å². The highest BCUT2D eigenvalue weighted by Crippen LogP contribution is 2.36. The van der Waals surface area contributed by atoms with Gasteiger partial charge < -0.3 is 9.84 Å². The molecule has 0 bridgehead atoms. The predicted octanol–water partition coefficient (Wildman–Crippen LogP) is 3.72. The monoisotopic (exact) mass is 260 g/mol. The van der Waals surface area contributed by atoms with E-state index >= 15 is 0 Å². The van der Waals surface area contributed by atoms with Gasteiger partial charge in [0, 0.05) is 17.7 Å². The molecule has 96 valence electrons. The Morgan fingerprint density at radius 1 is 1.41 bits per heavy atom. The van der Waals surface area contributed by atoms with Crippen LogP contribution in [0.15, 0.2) is 18.2 Å². The highest BCUT2D eigenvalue weighted by molar-refractivity contribution is 6.30. The summed E-state index contributed by atoms with van der Waals surface area (Å²) in [5.41, 5.74) is -0.533. The Labute approximate surface area is 106 Å². The minimum atomic E-state index is -1.00. The number of aliphatic hydroxyl groups is 1. The predicted molar refractivity (Wildman–Crippen MR) is 66.7 cm³/mol. The molecule has 4 heteroatoms. The third-order valence-electron chi connectivity index (χ3n) is 3.36. The Hall–Kier alpha value is -0.640. The molecule has 1 aromatic rings. The number of hydrogen-bond acceptors (Lipinski definition) is 2. The Morgan fingerprint density at radius 3 is 2.41 bits per heavy atom. The Bertz CT molecular complexity index is 369. The van der Waals surface area contributed by atoms with E-state index in [0.717, 1.165) is 0 Å². The highest BCUT2D eigenvalue weighted by Gasteiger charge is 2.36. The second kappa shape index (κ2) is 5.80. The maximum absolute atomic E-state index is 13.7. The summed E-state index contributed by atoms with van der Waals surface area (Å²) in [5, 5.41) is 10.6. The summed E-state index contributed by atoms with van der Waals surface area (Å²) in [7, 11) is 1.53. The molecule has 0 aliphatic heterocycles. The van der Waals surface area contributed by atoms with E-state index < -0.39 is 17.5 Å². The second-order valence-corrected chi connectivity index (χ2v) is 4.48. The normalized spacial score (nSPS) is 13.8. The zero-order valence-corrected chi connectivity index (χ0v) is 11.1. The van der Waals surface area contributed by atoms with Crippen molar-refractivity contribution in [1.82, 2.24) is 0 Å². The van der Waals surface area contributed by atoms with Crippen LogP contribution in [0.5, 0.6) is 0 Å². The molecule has 17 heavy (non-hydrogen) atoms. The standard InChI is InChI=1S/C13H18ClFO2/c1-4-13(5-2,17-3)12(16)10-7-6-9(14)8-11(10)15/h6-8,12,16H,4-5H2,1-3H3. The van der Waals surface area contributed by atoms with Gasteiger partial charge in [-0.1, -0.05) is 31.5 Å². The lowest BCUT2D eigenvalue weighted by molar-refractivity contribution is -0.111. The van der Waals surface area contributed by atoms with Crippen molar-refractivity contribution in [3.05, 3.63) is 34.6 Å². The molecule has 0 radical (unpaired) electrons. The van der Waals surface area contributed by atoms with Crippen LogP contribution in [-0.4, -0.2) is 17.8 Å². The maximum Gasteiger partial charge on any atom is 0.130 e. The fraction of sp³-hybridized carbons (Fsp3) is 0.538. The van der Waals surface area contributed by atoms with Gasteiger partial charge in [-0.2, -0.15) is 0 Å². The molecule has 0 amide bonds. The van der Waals surface area contributed by atoms with Gasteiger partial charge in [0.05, 0.1) is 5.60 Å². The smallest absolute Gasteiger partial charge is 0.130 e. The Morgan fingerprint density at radius 2 is 2.00 bits per heavy atom. The first-order valence-corrected chi connectivity index (χ1v) is 6.06. The van der Waals surface area contributed by atoms with Crippen molar-refractivity contribution in [1.29, 1.82) is 0 Å². The van der Waals surface area contributed by atoms with Crippen LogP contribution in [0.4, 0.5) is 4.39 Å². The van der Waals surface area contributed by atoms with E-state index in [1.165, 1.54) is 19.2 Å². The summed E-state index contributed by atoms with van der Waals surface area (Å²) in [6.07, 6.45) is 0.201. The zero-order valence-electron chi connectivity index (χ0n) is 10.3. The molecule has 0 saturated heterocycles. The first-order chi connectivity index (χ1) is 8.00. The van der Waals surface area contributed by atoms with Gasteiger partial charge in [0.1, 0.15) is 11.9 Å². The van der Waals surface area contributed by atoms with Crippen molar-refractivity contribution < 1.29 is 14.2 Å². The molecule has 1 N–H and O–H groups in total. The van der Waals surface area contributed by atoms with E-state index in [9.17, 15) is 9.50 Å². The lowest BCUT2D eigenvalue weighted by Gasteiger charge is -2.35. The fourth-order valence-corrected chi connectivity index (χ4v) is 2.20. The van der Waals surface area contributed by atoms with Gasteiger partial charge in [-0.15, -0.1) is 0 Å². The van der Waals surface area contributed by atoms with E-state index in [0.29, 0.717) is 17.9 Å². The largest absolute Gasteiger partial charge is 0.385 e. The van der Waals surface area contributed by atoms with Gasteiger partial charge in [-0.05, 0) is 25.0 Å². The number of hydrogen-bond donors (Lipinski definition) is 1. The first-order valence-electron chi connectivity index (χ1n) is 5.69. The topological polar surface area (TPSA) is 29.5 Å². The lowest BCUT2D eigenvalue weighted by Crippen LogP contribution is -2.37. The number of benzene rings is 1. The molecule has 0 aliphatic carbocycles. The molecule has 1 unspecified atom stereocenters. The summed E-state index contributed by atoms with van der Waals surface area (Å²) in [6.45, 7) is 3.81. The van der Waals surface area contributed by atoms with Crippen LogP contribution >= 0.6 is 11.6 Å². The molecule has 0 fully saturated rings. The van der Waals surface area contributed by atoms with Crippen LogP contribution < -0.4 is 0 Å². The fourth-order valence-electron chi connectivity index (χ4n) is 2.04. The van der Waals surface area contributed by atoms with Crippen LogP contribution in [-0.2, 0) is 4.74 Å². The van der Waals surface area contributed by atoms with Gasteiger partial charge >= 0.3 is 0 Å². The van der Waals surface area contributed by atoms with Gasteiger partial charge in [0.15, 0.2) is 0 Å². The zero-order chi connectivity index (χ0) is 13.1. The summed E-state index contributed by atoms with van der Waals surface area (Å²) < 4.78 is 19.1. The second-order valence-electron chi connectivity index (χ2n) is 4.04. The van der Waals surface area contributed by atoms with E-state index in [2.05, 4.69) is 0 Å². The number of halogens is 2. The van der Waals surface area contributed by atoms with E-state index in [4.69, 9.17) is 16.3 Å². The molecule has 1 aromatic carbocycles. The average Bonchev–Trinajstić information content (AvgIpc) is 2.32. The van der Waals surface area contributed by atoms with Gasteiger partial charge in [-0.3, -0.25) is 0 Å². The van der Waals surface area contributed by atoms with Gasteiger partial charge in [-0.25, -0.2) is 4.39 Å². The average molecular weight is 261 g/mol. The highest BCUT2D eigenvalue weighted by atomic mass is 35.5. The van der Waals surface area contributed by atoms with Crippen LogP contribution in [0.3, 0.4) is 0 Å². The summed E-state index contributed by atoms with van der Waals surface area (Å²) in [5.74, 6) is -0.506. The minimum Gasteiger partial charge on any atom is -0.385 e. The quantitative estimate of drug-likeness (QED) is 0.874. The SMILES string of the molecule is CCC(CC)(OC)C(O)c1ccc(Cl)cc1F. The molecule has 0 spiro atoms. The van der Waals surface area contributed by atoms with Crippen LogP contribution in [0.2, 0.25) is 5.02 Å². The molecule has 1 rings (SSSR count). The number of rotatable bonds is 5. The number of methoxy groups -OCH3 is 1. The van der Waals surface area contributed by atoms with Crippen LogP contribution in [0, 0.1) is 5.82 Å². The number of ether oxygens (including phenoxy) is 1. The van der Waals surface area contributed by atoms with Gasteiger partial charge in [0.25, 0.3) is 0 Å². The Balaban J connectivity index is 3.13. The van der Waals surface area contributed by atoms with Crippen molar-refractivity contribution in [2.24, 2.45) is 0 Å². The minimum absolute atomic E-state index is 0.222. The van der Waals surface area contributed by atoms with E-state index in [1.54, 1.807) is 6.07 Å². The van der Waals surface area contributed by atoms with E-state index in [-0.39, 0.29) is 5.56 Å². The third kappa shape index (κ3) is 2.79. The Kier molecular flexibility index (Phi) is 4.92. The van der Waals surface area contributed by atoms with Crippen molar-refractivity contribution in [3.8, 4) is 0 Å². The molecule has 0 saturated carbocycles. The van der Waals surface area contributed by atoms with E-state index in [1.807, 2.05) is 13.8 Å². The molecule has 0 aromatic heterocycles. The molecular formula is C13H18ClFO2. The molecule has 2 nitrogen and oxygen atoms in total. The molecule has 0 aliphatic rings. The number of aliphatic hydroxyl groups excluding tert-OH is 1. The van der Waals surface area contributed by atoms with Crippen LogP contribution in [0.1, 0.15) is 38.4 Å². The van der Waals surface area contributed by atoms with Crippen molar-refractivity contribution in [3.63, 3.8) is 0 Å². The van der Waals surface area contributed by atoms with Crippen LogP contribution in [0.25, 0.3) is 0 Å². The lowest BCUT2D eigenvalue weighted by atomic mass is 9.86. The first kappa shape index (κ1) is 14.4. The summed E-state index contributed by atoms with van der Waals surface area (Å²) in [6, 6.07) is 4.27. The molecular weight excluding hydrogens is 243 g/mol. The summed E-state index contributed by atoms with van der Waals surface area (Å²) in [4.78, 5) is 0. The molecule has 0 heterocycles. The maximum atomic E-state index is 13.7. The van der Waals surface area contributed by atoms with Crippen molar-refractivity contribution >= 4 is 11.6 Å². The summed E-state index contributed by atoms with van der Waals surface area (Å²) >= 11 is 5.68. The third-order valence-corrected chi connectivity index (χ3v) is 3.59. The van der Waals surface area contributed by atoms with Gasteiger partial charge in [0.2, 0.25) is 0 Å². The molecule has 1 atom stereocenters. The van der Waals surface area contributed by atoms with Crippen molar-refractivity contribution in [2.45, 2.75) is 38.4 Å².